The van der Waals surface area contributed by atoms with E-state index in [1.165, 1.54) is 0 Å². The Kier molecular flexibility index (Phi) is 1.27. The van der Waals surface area contributed by atoms with Gasteiger partial charge < -0.3 is 14.8 Å². The molecule has 1 aliphatic heterocycles. The number of cyclic esters (lactones) is 1. The fraction of sp³-hybridized carbons (Fsp3) is 0.250. The highest BCUT2D eigenvalue weighted by Crippen LogP contribution is 2.08. The van der Waals surface area contributed by atoms with Crippen LogP contribution in [0, 0.1) is 5.21 Å². The van der Waals surface area contributed by atoms with Crippen molar-refractivity contribution in [2.24, 2.45) is 0 Å². The summed E-state index contributed by atoms with van der Waals surface area (Å²) in [6.07, 6.45) is -0.989. The third kappa shape index (κ3) is 1.11. The zero-order valence-corrected chi connectivity index (χ0v) is 4.49. The van der Waals surface area contributed by atoms with Gasteiger partial charge in [0.25, 0.3) is 0 Å². The van der Waals surface area contributed by atoms with Crippen LogP contribution in [-0.4, -0.2) is 18.0 Å². The van der Waals surface area contributed by atoms with Gasteiger partial charge in [0.15, 0.2) is 0 Å². The first-order chi connectivity index (χ1) is 4.20. The largest absolute Gasteiger partial charge is 0.724 e. The van der Waals surface area contributed by atoms with Crippen LogP contribution in [0.5, 0.6) is 0 Å². The molecule has 0 bridgehead atoms. The normalized spacial score (nSPS) is 19.0. The number of hydrogen-bond donors (Lipinski definition) is 0. The molecule has 0 spiro atoms. The smallest absolute Gasteiger partial charge is 0.533 e. The summed E-state index contributed by atoms with van der Waals surface area (Å²) in [5, 5.41) is 10.3. The SMILES string of the molecule is C=C1COC(=O)ON1[O-]. The van der Waals surface area contributed by atoms with E-state index in [2.05, 4.69) is 16.2 Å². The Morgan fingerprint density at radius 1 is 1.78 bits per heavy atom. The Labute approximate surface area is 51.0 Å². The molecule has 0 radical (unpaired) electrons. The van der Waals surface area contributed by atoms with Crippen molar-refractivity contribution in [2.75, 3.05) is 6.61 Å². The van der Waals surface area contributed by atoms with Crippen molar-refractivity contribution in [1.29, 1.82) is 0 Å². The third-order valence-electron chi connectivity index (χ3n) is 0.772. The van der Waals surface area contributed by atoms with Gasteiger partial charge in [-0.15, -0.1) is 0 Å². The lowest BCUT2D eigenvalue weighted by Crippen LogP contribution is -2.30. The Morgan fingerprint density at radius 2 is 2.44 bits per heavy atom. The molecule has 0 saturated carbocycles. The summed E-state index contributed by atoms with van der Waals surface area (Å²) in [5.74, 6) is 0. The lowest BCUT2D eigenvalue weighted by atomic mass is 10.5. The van der Waals surface area contributed by atoms with Gasteiger partial charge in [0.2, 0.25) is 0 Å². The maximum absolute atomic E-state index is 10.3. The van der Waals surface area contributed by atoms with Crippen LogP contribution in [0.1, 0.15) is 0 Å². The van der Waals surface area contributed by atoms with Crippen LogP contribution >= 0.6 is 0 Å². The number of carbonyl (C=O) groups excluding carboxylic acids is 1. The van der Waals surface area contributed by atoms with Crippen LogP contribution in [0.25, 0.3) is 0 Å². The highest BCUT2D eigenvalue weighted by Gasteiger charge is 2.14. The van der Waals surface area contributed by atoms with E-state index in [0.717, 1.165) is 0 Å². The molecule has 50 valence electrons. The van der Waals surface area contributed by atoms with Crippen molar-refractivity contribution in [1.82, 2.24) is 5.23 Å². The molecule has 1 rings (SSSR count). The van der Waals surface area contributed by atoms with Crippen molar-refractivity contribution in [3.63, 3.8) is 0 Å². The fourth-order valence-corrected chi connectivity index (χ4v) is 0.354. The van der Waals surface area contributed by atoms with Gasteiger partial charge >= 0.3 is 6.16 Å². The minimum Gasteiger partial charge on any atom is -0.724 e. The second kappa shape index (κ2) is 1.94. The second-order valence-electron chi connectivity index (χ2n) is 1.45. The summed E-state index contributed by atoms with van der Waals surface area (Å²) in [4.78, 5) is 14.0. The van der Waals surface area contributed by atoms with Crippen molar-refractivity contribution >= 4 is 6.16 Å². The molecule has 0 N–H and O–H groups in total. The average molecular weight is 130 g/mol. The Bertz CT molecular complexity index is 155. The second-order valence-corrected chi connectivity index (χ2v) is 1.45. The first-order valence-corrected chi connectivity index (χ1v) is 2.20. The maximum atomic E-state index is 10.3. The third-order valence-corrected chi connectivity index (χ3v) is 0.772. The zero-order valence-electron chi connectivity index (χ0n) is 4.49. The average Bonchev–Trinajstić information content (AvgIpc) is 1.80. The lowest BCUT2D eigenvalue weighted by Gasteiger charge is -2.32. The maximum Gasteiger partial charge on any atom is 0.533 e. The molecular formula is C4H4NO4-. The van der Waals surface area contributed by atoms with E-state index in [1.807, 2.05) is 0 Å². The van der Waals surface area contributed by atoms with Gasteiger partial charge in [-0.1, -0.05) is 6.58 Å². The molecule has 5 heteroatoms. The molecule has 5 nitrogen and oxygen atoms in total. The van der Waals surface area contributed by atoms with E-state index in [4.69, 9.17) is 0 Å². The van der Waals surface area contributed by atoms with Crippen LogP contribution in [0.3, 0.4) is 0 Å². The van der Waals surface area contributed by atoms with Gasteiger partial charge in [0.05, 0.1) is 5.70 Å². The zero-order chi connectivity index (χ0) is 6.85. The highest BCUT2D eigenvalue weighted by atomic mass is 17.0. The van der Waals surface area contributed by atoms with Crippen molar-refractivity contribution in [2.45, 2.75) is 0 Å². The molecule has 0 unspecified atom stereocenters. The van der Waals surface area contributed by atoms with Crippen LogP contribution in [-0.2, 0) is 9.57 Å². The van der Waals surface area contributed by atoms with Crippen molar-refractivity contribution in [3.05, 3.63) is 17.5 Å². The predicted molar refractivity (Wildman–Crippen MR) is 26.8 cm³/mol. The number of rotatable bonds is 0. The molecule has 0 aromatic heterocycles. The highest BCUT2D eigenvalue weighted by molar-refractivity contribution is 5.60. The summed E-state index contributed by atoms with van der Waals surface area (Å²) < 4.78 is 4.26. The van der Waals surface area contributed by atoms with E-state index < -0.39 is 6.16 Å². The summed E-state index contributed by atoms with van der Waals surface area (Å²) in [6.45, 7) is 3.15. The Morgan fingerprint density at radius 3 is 2.89 bits per heavy atom. The van der Waals surface area contributed by atoms with Crippen LogP contribution in [0.4, 0.5) is 4.79 Å². The van der Waals surface area contributed by atoms with Crippen LogP contribution in [0.2, 0.25) is 0 Å². The quantitative estimate of drug-likeness (QED) is 0.443. The van der Waals surface area contributed by atoms with Gasteiger partial charge in [-0.2, -0.15) is 0 Å². The molecule has 1 fully saturated rings. The fourth-order valence-electron chi connectivity index (χ4n) is 0.354. The predicted octanol–water partition coefficient (Wildman–Crippen LogP) is 0.382. The van der Waals surface area contributed by atoms with Crippen molar-refractivity contribution in [3.8, 4) is 0 Å². The van der Waals surface area contributed by atoms with E-state index in [9.17, 15) is 10.0 Å². The number of hydrogen-bond acceptors (Lipinski definition) is 5. The van der Waals surface area contributed by atoms with E-state index in [-0.39, 0.29) is 17.5 Å². The minimum atomic E-state index is -0.989. The molecule has 0 atom stereocenters. The molecule has 0 aromatic rings. The summed E-state index contributed by atoms with van der Waals surface area (Å²) in [5.41, 5.74) is 0.0783. The van der Waals surface area contributed by atoms with Gasteiger partial charge in [0.1, 0.15) is 6.61 Å². The van der Waals surface area contributed by atoms with E-state index >= 15 is 0 Å². The number of ether oxygens (including phenoxy) is 1. The molecule has 1 aliphatic rings. The number of nitrogens with zero attached hydrogens (tertiary/aromatic N) is 1. The van der Waals surface area contributed by atoms with Gasteiger partial charge in [0, 0.05) is 0 Å². The number of hydroxylamine groups is 2. The van der Waals surface area contributed by atoms with E-state index in [0.29, 0.717) is 0 Å². The molecule has 0 aromatic carbocycles. The molecule has 0 amide bonds. The van der Waals surface area contributed by atoms with Gasteiger partial charge in [-0.05, 0) is 0 Å². The van der Waals surface area contributed by atoms with Crippen LogP contribution < -0.4 is 0 Å². The molecule has 1 saturated heterocycles. The Hall–Kier alpha value is -1.23. The van der Waals surface area contributed by atoms with Crippen LogP contribution in [0.15, 0.2) is 12.3 Å². The number of carbonyl (C=O) groups is 1. The summed E-state index contributed by atoms with van der Waals surface area (Å²) in [7, 11) is 0. The molecule has 9 heavy (non-hydrogen) atoms. The lowest BCUT2D eigenvalue weighted by molar-refractivity contribution is -0.103. The Balaban J connectivity index is 2.54. The van der Waals surface area contributed by atoms with Crippen molar-refractivity contribution < 1.29 is 14.4 Å². The summed E-state index contributed by atoms with van der Waals surface area (Å²) in [6, 6.07) is 0. The minimum absolute atomic E-state index is 0.0336. The standard InChI is InChI=1S/C4H4NO4/c1-3-2-8-4(6)9-5(3)7/h1-2H2/q-1. The van der Waals surface area contributed by atoms with Gasteiger partial charge in [-0.25, -0.2) is 4.79 Å². The summed E-state index contributed by atoms with van der Waals surface area (Å²) >= 11 is 0. The first-order valence-electron chi connectivity index (χ1n) is 2.20. The molecule has 0 aliphatic carbocycles. The monoisotopic (exact) mass is 130 g/mol. The van der Waals surface area contributed by atoms with Gasteiger partial charge in [-0.3, -0.25) is 5.23 Å². The molecule has 1 heterocycles. The van der Waals surface area contributed by atoms with E-state index in [1.54, 1.807) is 0 Å². The molecular weight excluding hydrogens is 126 g/mol. The first kappa shape index (κ1) is 5.90. The topological polar surface area (TPSA) is 61.8 Å².